The van der Waals surface area contributed by atoms with E-state index in [0.717, 1.165) is 4.90 Å². The second-order valence-corrected chi connectivity index (χ2v) is 7.01. The SMILES string of the molecule is CCOc1ccc(N2C[C@@H](C(=O)OCN3C(=O)c4ccccc4C3=O)CC2=O)cc1. The number of hydrogen-bond donors (Lipinski definition) is 0. The van der Waals surface area contributed by atoms with Crippen molar-refractivity contribution in [3.05, 3.63) is 59.7 Å². The Labute approximate surface area is 173 Å². The van der Waals surface area contributed by atoms with Crippen LogP contribution in [0.3, 0.4) is 0 Å². The number of fused-ring (bicyclic) bond motifs is 1. The van der Waals surface area contributed by atoms with E-state index in [2.05, 4.69) is 0 Å². The van der Waals surface area contributed by atoms with Crippen LogP contribution in [0, 0.1) is 5.92 Å². The molecule has 2 aromatic carbocycles. The molecule has 8 nitrogen and oxygen atoms in total. The summed E-state index contributed by atoms with van der Waals surface area (Å²) < 4.78 is 10.6. The predicted octanol–water partition coefficient (Wildman–Crippen LogP) is 2.24. The molecule has 0 saturated carbocycles. The summed E-state index contributed by atoms with van der Waals surface area (Å²) in [4.78, 5) is 52.0. The molecule has 3 amide bonds. The van der Waals surface area contributed by atoms with Crippen molar-refractivity contribution in [3.63, 3.8) is 0 Å². The summed E-state index contributed by atoms with van der Waals surface area (Å²) in [6.07, 6.45) is 0.00810. The van der Waals surface area contributed by atoms with Gasteiger partial charge >= 0.3 is 5.97 Å². The van der Waals surface area contributed by atoms with Crippen LogP contribution in [0.5, 0.6) is 5.75 Å². The third kappa shape index (κ3) is 3.52. The lowest BCUT2D eigenvalue weighted by atomic mass is 10.1. The number of carbonyl (C=O) groups excluding carboxylic acids is 4. The molecule has 2 aromatic rings. The van der Waals surface area contributed by atoms with Gasteiger partial charge < -0.3 is 14.4 Å². The third-order valence-corrected chi connectivity index (χ3v) is 5.13. The average Bonchev–Trinajstić information content (AvgIpc) is 3.26. The number of nitrogens with zero attached hydrogens (tertiary/aromatic N) is 2. The highest BCUT2D eigenvalue weighted by Gasteiger charge is 2.39. The van der Waals surface area contributed by atoms with E-state index >= 15 is 0 Å². The summed E-state index contributed by atoms with van der Waals surface area (Å²) in [6, 6.07) is 13.5. The van der Waals surface area contributed by atoms with Gasteiger partial charge in [0.1, 0.15) is 5.75 Å². The minimum absolute atomic E-state index is 0.00810. The molecular weight excluding hydrogens is 388 g/mol. The lowest BCUT2D eigenvalue weighted by Gasteiger charge is -2.18. The lowest BCUT2D eigenvalue weighted by Crippen LogP contribution is -2.35. The second kappa shape index (κ2) is 7.98. The van der Waals surface area contributed by atoms with Gasteiger partial charge in [-0.2, -0.15) is 0 Å². The van der Waals surface area contributed by atoms with E-state index in [4.69, 9.17) is 9.47 Å². The smallest absolute Gasteiger partial charge is 0.313 e. The molecule has 2 heterocycles. The summed E-state index contributed by atoms with van der Waals surface area (Å²) in [5, 5.41) is 0. The highest BCUT2D eigenvalue weighted by molar-refractivity contribution is 6.21. The first-order chi connectivity index (χ1) is 14.5. The fraction of sp³-hybridized carbons (Fsp3) is 0.273. The van der Waals surface area contributed by atoms with Gasteiger partial charge in [0.25, 0.3) is 11.8 Å². The zero-order chi connectivity index (χ0) is 21.3. The quantitative estimate of drug-likeness (QED) is 0.538. The minimum Gasteiger partial charge on any atom is -0.494 e. The van der Waals surface area contributed by atoms with Gasteiger partial charge in [0, 0.05) is 18.7 Å². The van der Waals surface area contributed by atoms with Crippen LogP contribution in [0.15, 0.2) is 48.5 Å². The van der Waals surface area contributed by atoms with Gasteiger partial charge in [-0.25, -0.2) is 4.90 Å². The van der Waals surface area contributed by atoms with Crippen LogP contribution >= 0.6 is 0 Å². The Balaban J connectivity index is 1.36. The van der Waals surface area contributed by atoms with E-state index < -0.39 is 30.4 Å². The van der Waals surface area contributed by atoms with Gasteiger partial charge in [0.05, 0.1) is 23.7 Å². The van der Waals surface area contributed by atoms with E-state index in [0.29, 0.717) is 18.0 Å². The molecule has 1 fully saturated rings. The van der Waals surface area contributed by atoms with Gasteiger partial charge in [-0.05, 0) is 43.3 Å². The van der Waals surface area contributed by atoms with Crippen molar-refractivity contribution < 1.29 is 28.7 Å². The van der Waals surface area contributed by atoms with E-state index in [-0.39, 0.29) is 30.0 Å². The number of hydrogen-bond acceptors (Lipinski definition) is 6. The van der Waals surface area contributed by atoms with Crippen LogP contribution in [0.4, 0.5) is 5.69 Å². The standard InChI is InChI=1S/C22H20N2O6/c1-2-29-16-9-7-15(8-10-16)23-12-14(11-19(23)25)22(28)30-13-24-20(26)17-5-3-4-6-18(17)21(24)27/h3-10,14H,2,11-13H2,1H3/t14-/m0/s1. The number of ether oxygens (including phenoxy) is 2. The number of carbonyl (C=O) groups is 4. The first kappa shape index (κ1) is 19.6. The van der Waals surface area contributed by atoms with Crippen molar-refractivity contribution in [2.24, 2.45) is 5.92 Å². The van der Waals surface area contributed by atoms with Gasteiger partial charge in [-0.1, -0.05) is 12.1 Å². The highest BCUT2D eigenvalue weighted by atomic mass is 16.5. The molecule has 0 aromatic heterocycles. The molecule has 0 unspecified atom stereocenters. The number of imide groups is 1. The molecular formula is C22H20N2O6. The first-order valence-electron chi connectivity index (χ1n) is 9.64. The Morgan fingerprint density at radius 1 is 1.00 bits per heavy atom. The van der Waals surface area contributed by atoms with Crippen molar-refractivity contribution in [2.75, 3.05) is 24.8 Å². The zero-order valence-electron chi connectivity index (χ0n) is 16.4. The number of benzene rings is 2. The van der Waals surface area contributed by atoms with Crippen LogP contribution in [-0.2, 0) is 14.3 Å². The number of amides is 3. The Morgan fingerprint density at radius 2 is 1.63 bits per heavy atom. The summed E-state index contributed by atoms with van der Waals surface area (Å²) in [5.41, 5.74) is 1.24. The van der Waals surface area contributed by atoms with E-state index in [1.807, 2.05) is 6.92 Å². The van der Waals surface area contributed by atoms with E-state index in [9.17, 15) is 19.2 Å². The summed E-state index contributed by atoms with van der Waals surface area (Å²) >= 11 is 0. The van der Waals surface area contributed by atoms with Crippen molar-refractivity contribution in [1.82, 2.24) is 4.90 Å². The number of rotatable bonds is 6. The van der Waals surface area contributed by atoms with Gasteiger partial charge in [0.15, 0.2) is 6.73 Å². The van der Waals surface area contributed by atoms with E-state index in [1.54, 1.807) is 48.5 Å². The molecule has 2 aliphatic heterocycles. The fourth-order valence-electron chi connectivity index (χ4n) is 3.61. The van der Waals surface area contributed by atoms with Crippen LogP contribution < -0.4 is 9.64 Å². The molecule has 0 spiro atoms. The first-order valence-corrected chi connectivity index (χ1v) is 9.64. The molecule has 0 N–H and O–H groups in total. The molecule has 2 aliphatic rings. The van der Waals surface area contributed by atoms with E-state index in [1.165, 1.54) is 4.90 Å². The van der Waals surface area contributed by atoms with Gasteiger partial charge in [0.2, 0.25) is 5.91 Å². The zero-order valence-corrected chi connectivity index (χ0v) is 16.4. The largest absolute Gasteiger partial charge is 0.494 e. The highest BCUT2D eigenvalue weighted by Crippen LogP contribution is 2.28. The molecule has 30 heavy (non-hydrogen) atoms. The Kier molecular flexibility index (Phi) is 5.22. The predicted molar refractivity (Wildman–Crippen MR) is 106 cm³/mol. The molecule has 1 saturated heterocycles. The van der Waals surface area contributed by atoms with Crippen LogP contribution in [0.25, 0.3) is 0 Å². The van der Waals surface area contributed by atoms with Crippen LogP contribution in [0.1, 0.15) is 34.1 Å². The summed E-state index contributed by atoms with van der Waals surface area (Å²) in [6.45, 7) is 2.13. The van der Waals surface area contributed by atoms with Crippen molar-refractivity contribution in [2.45, 2.75) is 13.3 Å². The molecule has 0 bridgehead atoms. The van der Waals surface area contributed by atoms with Gasteiger partial charge in [-0.15, -0.1) is 0 Å². The molecule has 0 aliphatic carbocycles. The molecule has 4 rings (SSSR count). The minimum atomic E-state index is -0.667. The average molecular weight is 408 g/mol. The topological polar surface area (TPSA) is 93.2 Å². The third-order valence-electron chi connectivity index (χ3n) is 5.13. The maximum Gasteiger partial charge on any atom is 0.313 e. The Morgan fingerprint density at radius 3 is 2.23 bits per heavy atom. The van der Waals surface area contributed by atoms with Gasteiger partial charge in [-0.3, -0.25) is 19.2 Å². The Bertz CT molecular complexity index is 982. The molecule has 1 atom stereocenters. The number of anilines is 1. The summed E-state index contributed by atoms with van der Waals surface area (Å²) in [5.74, 6) is -1.77. The summed E-state index contributed by atoms with van der Waals surface area (Å²) in [7, 11) is 0. The van der Waals surface area contributed by atoms with Crippen LogP contribution in [-0.4, -0.2) is 48.5 Å². The number of esters is 1. The molecule has 8 heteroatoms. The molecule has 154 valence electrons. The van der Waals surface area contributed by atoms with Crippen molar-refractivity contribution >= 4 is 29.4 Å². The molecule has 0 radical (unpaired) electrons. The Hall–Kier alpha value is -3.68. The maximum absolute atomic E-state index is 12.5. The second-order valence-electron chi connectivity index (χ2n) is 7.01. The van der Waals surface area contributed by atoms with Crippen molar-refractivity contribution in [1.29, 1.82) is 0 Å². The fourth-order valence-corrected chi connectivity index (χ4v) is 3.61. The lowest BCUT2D eigenvalue weighted by molar-refractivity contribution is -0.151. The van der Waals surface area contributed by atoms with Crippen molar-refractivity contribution in [3.8, 4) is 5.75 Å². The normalized spacial score (nSPS) is 18.0. The maximum atomic E-state index is 12.5. The monoisotopic (exact) mass is 408 g/mol. The van der Waals surface area contributed by atoms with Crippen LogP contribution in [0.2, 0.25) is 0 Å².